The Morgan fingerprint density at radius 2 is 2.42 bits per heavy atom. The van der Waals surface area contributed by atoms with Crippen LogP contribution in [0.2, 0.25) is 0 Å². The average Bonchev–Trinajstić information content (AvgIpc) is 2.21. The smallest absolute Gasteiger partial charge is 0.108 e. The Labute approximate surface area is 72.8 Å². The molecule has 0 radical (unpaired) electrons. The predicted octanol–water partition coefficient (Wildman–Crippen LogP) is 2.02. The number of nitrogens with zero attached hydrogens (tertiary/aromatic N) is 1. The maximum absolute atomic E-state index is 5.08. The van der Waals surface area contributed by atoms with E-state index in [9.17, 15) is 0 Å². The molecule has 2 rings (SSSR count). The maximum atomic E-state index is 5.08. The normalized spacial score (nSPS) is 22.0. The molecule has 0 N–H and O–H groups in total. The monoisotopic (exact) mass is 163 g/mol. The van der Waals surface area contributed by atoms with Crippen LogP contribution in [0, 0.1) is 0 Å². The lowest BCUT2D eigenvalue weighted by molar-refractivity contribution is 0.277. The highest BCUT2D eigenvalue weighted by Crippen LogP contribution is 2.15. The Morgan fingerprint density at radius 3 is 3.08 bits per heavy atom. The molecule has 0 atom stereocenters. The maximum Gasteiger partial charge on any atom is 0.108 e. The third-order valence-corrected chi connectivity index (χ3v) is 2.11. The van der Waals surface area contributed by atoms with Crippen LogP contribution in [-0.4, -0.2) is 18.1 Å². The van der Waals surface area contributed by atoms with Gasteiger partial charge in [-0.15, -0.1) is 0 Å². The van der Waals surface area contributed by atoms with Crippen molar-refractivity contribution in [1.29, 1.82) is 0 Å². The summed E-state index contributed by atoms with van der Waals surface area (Å²) in [6.45, 7) is 1.84. The summed E-state index contributed by atoms with van der Waals surface area (Å²) in [5.41, 5.74) is 1.26. The van der Waals surface area contributed by atoms with Crippen molar-refractivity contribution in [2.75, 3.05) is 13.2 Å². The molecule has 0 aromatic carbocycles. The van der Waals surface area contributed by atoms with Crippen molar-refractivity contribution in [3.05, 3.63) is 36.4 Å². The minimum Gasteiger partial charge on any atom is -0.497 e. The van der Waals surface area contributed by atoms with Gasteiger partial charge < -0.3 is 9.64 Å². The van der Waals surface area contributed by atoms with Crippen LogP contribution in [0.4, 0.5) is 0 Å². The Bertz CT molecular complexity index is 240. The van der Waals surface area contributed by atoms with E-state index in [1.807, 2.05) is 6.08 Å². The highest BCUT2D eigenvalue weighted by atomic mass is 16.5. The molecule has 2 heterocycles. The lowest BCUT2D eigenvalue weighted by Gasteiger charge is -2.25. The minimum absolute atomic E-state index is 0.705. The summed E-state index contributed by atoms with van der Waals surface area (Å²) in [5.74, 6) is 0. The number of rotatable bonds is 1. The molecule has 64 valence electrons. The van der Waals surface area contributed by atoms with Gasteiger partial charge in [-0.3, -0.25) is 0 Å². The molecule has 12 heavy (non-hydrogen) atoms. The van der Waals surface area contributed by atoms with Gasteiger partial charge in [-0.2, -0.15) is 0 Å². The fourth-order valence-electron chi connectivity index (χ4n) is 1.46. The van der Waals surface area contributed by atoms with Crippen LogP contribution in [0.5, 0.6) is 0 Å². The van der Waals surface area contributed by atoms with Crippen molar-refractivity contribution in [2.24, 2.45) is 0 Å². The van der Waals surface area contributed by atoms with Crippen LogP contribution in [0.25, 0.3) is 0 Å². The first-order valence-corrected chi connectivity index (χ1v) is 4.38. The van der Waals surface area contributed by atoms with Crippen molar-refractivity contribution in [3.63, 3.8) is 0 Å². The summed E-state index contributed by atoms with van der Waals surface area (Å²) < 4.78 is 5.08. The first kappa shape index (κ1) is 7.47. The van der Waals surface area contributed by atoms with E-state index in [-0.39, 0.29) is 0 Å². The molecule has 0 spiro atoms. The SMILES string of the molecule is C1=CN(C2=CCOC=C2)CCC1. The number of hydrogen-bond donors (Lipinski definition) is 0. The molecular weight excluding hydrogens is 150 g/mol. The van der Waals surface area contributed by atoms with Gasteiger partial charge >= 0.3 is 0 Å². The van der Waals surface area contributed by atoms with E-state index in [1.165, 1.54) is 18.5 Å². The molecule has 2 aliphatic heterocycles. The van der Waals surface area contributed by atoms with E-state index < -0.39 is 0 Å². The Kier molecular flexibility index (Phi) is 2.16. The fraction of sp³-hybridized carbons (Fsp3) is 0.400. The van der Waals surface area contributed by atoms with Crippen LogP contribution in [-0.2, 0) is 4.74 Å². The van der Waals surface area contributed by atoms with E-state index in [1.54, 1.807) is 6.26 Å². The van der Waals surface area contributed by atoms with E-state index in [0.29, 0.717) is 6.61 Å². The lowest BCUT2D eigenvalue weighted by atomic mass is 10.2. The number of allylic oxidation sites excluding steroid dienone is 2. The van der Waals surface area contributed by atoms with Crippen molar-refractivity contribution in [1.82, 2.24) is 4.90 Å². The van der Waals surface area contributed by atoms with Gasteiger partial charge in [0.25, 0.3) is 0 Å². The topological polar surface area (TPSA) is 12.5 Å². The van der Waals surface area contributed by atoms with Crippen LogP contribution >= 0.6 is 0 Å². The quantitative estimate of drug-likeness (QED) is 0.586. The standard InChI is InChI=1S/C10H13NO/c1-2-6-11(7-3-1)10-4-8-12-9-5-10/h2,4-6,8H,1,3,7,9H2. The Balaban J connectivity index is 2.07. The van der Waals surface area contributed by atoms with Gasteiger partial charge in [-0.25, -0.2) is 0 Å². The molecule has 2 heteroatoms. The van der Waals surface area contributed by atoms with Gasteiger partial charge in [0.15, 0.2) is 0 Å². The molecule has 0 fully saturated rings. The van der Waals surface area contributed by atoms with Crippen molar-refractivity contribution < 1.29 is 4.74 Å². The molecule has 0 aliphatic carbocycles. The number of ether oxygens (including phenoxy) is 1. The zero-order valence-corrected chi connectivity index (χ0v) is 7.07. The molecule has 0 aromatic heterocycles. The molecule has 0 amide bonds. The summed E-state index contributed by atoms with van der Waals surface area (Å²) in [6, 6.07) is 0. The van der Waals surface area contributed by atoms with E-state index in [0.717, 1.165) is 6.54 Å². The second-order valence-corrected chi connectivity index (χ2v) is 2.99. The van der Waals surface area contributed by atoms with E-state index >= 15 is 0 Å². The van der Waals surface area contributed by atoms with Crippen molar-refractivity contribution in [2.45, 2.75) is 12.8 Å². The average molecular weight is 163 g/mol. The molecule has 0 saturated heterocycles. The largest absolute Gasteiger partial charge is 0.497 e. The van der Waals surface area contributed by atoms with Gasteiger partial charge in [0, 0.05) is 18.4 Å². The molecule has 2 nitrogen and oxygen atoms in total. The third-order valence-electron chi connectivity index (χ3n) is 2.11. The van der Waals surface area contributed by atoms with Gasteiger partial charge in [0.1, 0.15) is 6.61 Å². The fourth-order valence-corrected chi connectivity index (χ4v) is 1.46. The van der Waals surface area contributed by atoms with Crippen LogP contribution in [0.3, 0.4) is 0 Å². The molecule has 0 unspecified atom stereocenters. The zero-order chi connectivity index (χ0) is 8.23. The highest BCUT2D eigenvalue weighted by molar-refractivity contribution is 5.21. The van der Waals surface area contributed by atoms with Gasteiger partial charge in [0.05, 0.1) is 6.26 Å². The molecule has 0 saturated carbocycles. The van der Waals surface area contributed by atoms with Gasteiger partial charge in [-0.05, 0) is 25.0 Å². The van der Waals surface area contributed by atoms with E-state index in [4.69, 9.17) is 4.74 Å². The van der Waals surface area contributed by atoms with Crippen LogP contribution in [0.1, 0.15) is 12.8 Å². The van der Waals surface area contributed by atoms with Gasteiger partial charge in [0.2, 0.25) is 0 Å². The molecule has 2 aliphatic rings. The second-order valence-electron chi connectivity index (χ2n) is 2.99. The molecule has 0 bridgehead atoms. The summed E-state index contributed by atoms with van der Waals surface area (Å²) in [4.78, 5) is 2.27. The van der Waals surface area contributed by atoms with Crippen LogP contribution in [0.15, 0.2) is 36.4 Å². The Hall–Kier alpha value is -1.18. The second kappa shape index (κ2) is 3.48. The predicted molar refractivity (Wildman–Crippen MR) is 48.3 cm³/mol. The van der Waals surface area contributed by atoms with Crippen molar-refractivity contribution >= 4 is 0 Å². The number of hydrogen-bond acceptors (Lipinski definition) is 2. The van der Waals surface area contributed by atoms with Crippen LogP contribution < -0.4 is 0 Å². The van der Waals surface area contributed by atoms with Crippen molar-refractivity contribution in [3.8, 4) is 0 Å². The summed E-state index contributed by atoms with van der Waals surface area (Å²) in [7, 11) is 0. The lowest BCUT2D eigenvalue weighted by Crippen LogP contribution is -2.20. The summed E-state index contributed by atoms with van der Waals surface area (Å²) >= 11 is 0. The first-order valence-electron chi connectivity index (χ1n) is 4.38. The first-order chi connectivity index (χ1) is 5.97. The third kappa shape index (κ3) is 1.52. The highest BCUT2D eigenvalue weighted by Gasteiger charge is 2.07. The van der Waals surface area contributed by atoms with Gasteiger partial charge in [-0.1, -0.05) is 6.08 Å². The Morgan fingerprint density at radius 1 is 1.42 bits per heavy atom. The molecular formula is C10H13NO. The minimum atomic E-state index is 0.705. The summed E-state index contributed by atoms with van der Waals surface area (Å²) in [6.07, 6.45) is 12.7. The van der Waals surface area contributed by atoms with E-state index in [2.05, 4.69) is 23.3 Å². The zero-order valence-electron chi connectivity index (χ0n) is 7.07. The summed E-state index contributed by atoms with van der Waals surface area (Å²) in [5, 5.41) is 0. The molecule has 0 aromatic rings.